The first-order valence-corrected chi connectivity index (χ1v) is 5.09. The minimum absolute atomic E-state index is 0.271. The lowest BCUT2D eigenvalue weighted by atomic mass is 9.93. The molecule has 0 aromatic heterocycles. The van der Waals surface area contributed by atoms with Crippen molar-refractivity contribution in [2.75, 3.05) is 0 Å². The van der Waals surface area contributed by atoms with Gasteiger partial charge in [0.05, 0.1) is 6.10 Å². The molecule has 0 aliphatic rings. The third-order valence-electron chi connectivity index (χ3n) is 2.62. The van der Waals surface area contributed by atoms with Crippen LogP contribution in [0, 0.1) is 12.8 Å². The molecule has 0 fully saturated rings. The fourth-order valence-corrected chi connectivity index (χ4v) is 1.55. The average molecular weight is 214 g/mol. The number of hydrogen-bond acceptors (Lipinski definition) is 1. The number of aliphatic hydroxyl groups excluding tert-OH is 1. The molecular weight excluding hydrogens is 198 g/mol. The van der Waals surface area contributed by atoms with Crippen LogP contribution in [0.1, 0.15) is 30.6 Å². The number of alkyl halides is 2. The van der Waals surface area contributed by atoms with Gasteiger partial charge >= 0.3 is 0 Å². The van der Waals surface area contributed by atoms with E-state index in [1.807, 2.05) is 19.1 Å². The topological polar surface area (TPSA) is 20.2 Å². The van der Waals surface area contributed by atoms with Crippen LogP contribution in [-0.4, -0.2) is 11.5 Å². The number of rotatable bonds is 4. The SMILES string of the molecule is CCC(C(F)F)C(O)c1ccc(C)cc1. The zero-order valence-corrected chi connectivity index (χ0v) is 8.95. The van der Waals surface area contributed by atoms with Crippen LogP contribution >= 0.6 is 0 Å². The quantitative estimate of drug-likeness (QED) is 0.815. The van der Waals surface area contributed by atoms with Crippen molar-refractivity contribution in [1.29, 1.82) is 0 Å². The van der Waals surface area contributed by atoms with E-state index in [0.29, 0.717) is 5.56 Å². The van der Waals surface area contributed by atoms with Gasteiger partial charge in [0.1, 0.15) is 0 Å². The van der Waals surface area contributed by atoms with Gasteiger partial charge in [0, 0.05) is 5.92 Å². The van der Waals surface area contributed by atoms with Gasteiger partial charge in [-0.1, -0.05) is 36.8 Å². The normalized spacial score (nSPS) is 15.3. The Morgan fingerprint density at radius 1 is 1.20 bits per heavy atom. The van der Waals surface area contributed by atoms with Gasteiger partial charge in [-0.05, 0) is 18.9 Å². The van der Waals surface area contributed by atoms with E-state index in [2.05, 4.69) is 0 Å². The van der Waals surface area contributed by atoms with Crippen molar-refractivity contribution in [2.24, 2.45) is 5.92 Å². The second-order valence-corrected chi connectivity index (χ2v) is 3.76. The van der Waals surface area contributed by atoms with Crippen LogP contribution in [0.25, 0.3) is 0 Å². The summed E-state index contributed by atoms with van der Waals surface area (Å²) in [5, 5.41) is 9.76. The van der Waals surface area contributed by atoms with Crippen molar-refractivity contribution in [3.8, 4) is 0 Å². The second-order valence-electron chi connectivity index (χ2n) is 3.76. The van der Waals surface area contributed by atoms with E-state index in [4.69, 9.17) is 0 Å². The molecule has 0 spiro atoms. The highest BCUT2D eigenvalue weighted by Gasteiger charge is 2.27. The van der Waals surface area contributed by atoms with E-state index in [1.165, 1.54) is 0 Å². The second kappa shape index (κ2) is 5.21. The maximum Gasteiger partial charge on any atom is 0.244 e. The summed E-state index contributed by atoms with van der Waals surface area (Å²) in [4.78, 5) is 0. The first-order valence-electron chi connectivity index (χ1n) is 5.09. The molecule has 0 heterocycles. The summed E-state index contributed by atoms with van der Waals surface area (Å²) >= 11 is 0. The smallest absolute Gasteiger partial charge is 0.244 e. The van der Waals surface area contributed by atoms with Gasteiger partial charge in [0.2, 0.25) is 6.43 Å². The highest BCUT2D eigenvalue weighted by atomic mass is 19.3. The standard InChI is InChI=1S/C12H16F2O/c1-3-10(12(13)14)11(15)9-6-4-8(2)5-7-9/h4-7,10-12,15H,3H2,1-2H3. The summed E-state index contributed by atoms with van der Waals surface area (Å²) in [7, 11) is 0. The molecule has 1 aromatic carbocycles. The molecule has 84 valence electrons. The predicted octanol–water partition coefficient (Wildman–Crippen LogP) is 3.32. The van der Waals surface area contributed by atoms with E-state index in [0.717, 1.165) is 5.56 Å². The van der Waals surface area contributed by atoms with E-state index in [9.17, 15) is 13.9 Å². The Bertz CT molecular complexity index is 295. The molecule has 1 nitrogen and oxygen atoms in total. The summed E-state index contributed by atoms with van der Waals surface area (Å²) in [6, 6.07) is 7.03. The van der Waals surface area contributed by atoms with Gasteiger partial charge in [0.15, 0.2) is 0 Å². The van der Waals surface area contributed by atoms with E-state index < -0.39 is 18.4 Å². The lowest BCUT2D eigenvalue weighted by Gasteiger charge is -2.21. The molecule has 0 saturated carbocycles. The predicted molar refractivity (Wildman–Crippen MR) is 55.9 cm³/mol. The summed E-state index contributed by atoms with van der Waals surface area (Å²) in [5.41, 5.74) is 1.61. The van der Waals surface area contributed by atoms with Crippen molar-refractivity contribution >= 4 is 0 Å². The number of halogens is 2. The molecule has 2 unspecified atom stereocenters. The highest BCUT2D eigenvalue weighted by Crippen LogP contribution is 2.29. The molecule has 0 bridgehead atoms. The molecule has 0 radical (unpaired) electrons. The largest absolute Gasteiger partial charge is 0.388 e. The molecule has 0 saturated heterocycles. The Balaban J connectivity index is 2.82. The van der Waals surface area contributed by atoms with Gasteiger partial charge in [-0.2, -0.15) is 0 Å². The Labute approximate surface area is 88.7 Å². The fraction of sp³-hybridized carbons (Fsp3) is 0.500. The van der Waals surface area contributed by atoms with Gasteiger partial charge in [-0.15, -0.1) is 0 Å². The first-order chi connectivity index (χ1) is 7.06. The van der Waals surface area contributed by atoms with Crippen LogP contribution in [0.4, 0.5) is 8.78 Å². The first kappa shape index (κ1) is 12.1. The number of hydrogen-bond donors (Lipinski definition) is 1. The Morgan fingerprint density at radius 2 is 1.73 bits per heavy atom. The third-order valence-corrected chi connectivity index (χ3v) is 2.62. The molecular formula is C12H16F2O. The molecule has 1 aromatic rings. The molecule has 1 N–H and O–H groups in total. The molecule has 2 atom stereocenters. The van der Waals surface area contributed by atoms with Crippen LogP contribution in [0.5, 0.6) is 0 Å². The van der Waals surface area contributed by atoms with Gasteiger partial charge in [-0.25, -0.2) is 8.78 Å². The van der Waals surface area contributed by atoms with Crippen LogP contribution in [0.2, 0.25) is 0 Å². The average Bonchev–Trinajstić information content (AvgIpc) is 2.19. The Hall–Kier alpha value is -0.960. The van der Waals surface area contributed by atoms with Crippen molar-refractivity contribution in [3.63, 3.8) is 0 Å². The van der Waals surface area contributed by atoms with Gasteiger partial charge in [-0.3, -0.25) is 0 Å². The lowest BCUT2D eigenvalue weighted by molar-refractivity contribution is -0.0110. The number of aryl methyl sites for hydroxylation is 1. The molecule has 1 rings (SSSR count). The van der Waals surface area contributed by atoms with E-state index in [1.54, 1.807) is 19.1 Å². The van der Waals surface area contributed by atoms with Gasteiger partial charge in [0.25, 0.3) is 0 Å². The molecule has 15 heavy (non-hydrogen) atoms. The molecule has 0 amide bonds. The van der Waals surface area contributed by atoms with E-state index in [-0.39, 0.29) is 6.42 Å². The van der Waals surface area contributed by atoms with Crippen LogP contribution in [0.3, 0.4) is 0 Å². The van der Waals surface area contributed by atoms with Crippen LogP contribution in [-0.2, 0) is 0 Å². The molecule has 3 heteroatoms. The van der Waals surface area contributed by atoms with Crippen molar-refractivity contribution in [2.45, 2.75) is 32.8 Å². The summed E-state index contributed by atoms with van der Waals surface area (Å²) in [6.07, 6.45) is -3.28. The Morgan fingerprint density at radius 3 is 2.13 bits per heavy atom. The van der Waals surface area contributed by atoms with Crippen molar-refractivity contribution in [3.05, 3.63) is 35.4 Å². The highest BCUT2D eigenvalue weighted by molar-refractivity contribution is 5.23. The van der Waals surface area contributed by atoms with Gasteiger partial charge < -0.3 is 5.11 Å². The summed E-state index contributed by atoms with van der Waals surface area (Å²) in [5.74, 6) is -0.979. The maximum absolute atomic E-state index is 12.6. The van der Waals surface area contributed by atoms with Crippen LogP contribution in [0.15, 0.2) is 24.3 Å². The molecule has 0 aliphatic carbocycles. The lowest BCUT2D eigenvalue weighted by Crippen LogP contribution is -2.19. The molecule has 0 aliphatic heterocycles. The minimum Gasteiger partial charge on any atom is -0.388 e. The third kappa shape index (κ3) is 2.99. The van der Waals surface area contributed by atoms with Crippen LogP contribution < -0.4 is 0 Å². The monoisotopic (exact) mass is 214 g/mol. The van der Waals surface area contributed by atoms with Crippen molar-refractivity contribution < 1.29 is 13.9 Å². The number of aliphatic hydroxyl groups is 1. The Kier molecular flexibility index (Phi) is 4.21. The summed E-state index contributed by atoms with van der Waals surface area (Å²) in [6.45, 7) is 3.58. The summed E-state index contributed by atoms with van der Waals surface area (Å²) < 4.78 is 25.1. The zero-order chi connectivity index (χ0) is 11.4. The fourth-order valence-electron chi connectivity index (χ4n) is 1.55. The van der Waals surface area contributed by atoms with Crippen molar-refractivity contribution in [1.82, 2.24) is 0 Å². The van der Waals surface area contributed by atoms with E-state index >= 15 is 0 Å². The number of benzene rings is 1. The minimum atomic E-state index is -2.48. The zero-order valence-electron chi connectivity index (χ0n) is 8.95. The maximum atomic E-state index is 12.6.